The van der Waals surface area contributed by atoms with Crippen LogP contribution in [-0.4, -0.2) is 18.7 Å². The summed E-state index contributed by atoms with van der Waals surface area (Å²) in [5.41, 5.74) is 1.95. The molecule has 21 heavy (non-hydrogen) atoms. The van der Waals surface area contributed by atoms with Crippen molar-refractivity contribution in [3.8, 4) is 0 Å². The number of nitrogens with zero attached hydrogens (tertiary/aromatic N) is 1. The Kier molecular flexibility index (Phi) is 4.82. The van der Waals surface area contributed by atoms with Crippen molar-refractivity contribution >= 4 is 26.0 Å². The van der Waals surface area contributed by atoms with Crippen LogP contribution in [0, 0.1) is 13.8 Å². The van der Waals surface area contributed by atoms with Crippen LogP contribution in [0.3, 0.4) is 0 Å². The highest BCUT2D eigenvalue weighted by Gasteiger charge is 2.20. The topological polar surface area (TPSA) is 92.4 Å². The maximum Gasteiger partial charge on any atom is 0.242 e. The SMILES string of the molecule is Cc1cc(CNS(=O)(=O)c2cc(CO)cc(C)c2Br)on1. The van der Waals surface area contributed by atoms with Crippen molar-refractivity contribution in [3.05, 3.63) is 45.3 Å². The Hall–Kier alpha value is -1.22. The fourth-order valence-corrected chi connectivity index (χ4v) is 3.90. The summed E-state index contributed by atoms with van der Waals surface area (Å²) in [7, 11) is -3.73. The number of nitrogens with one attached hydrogen (secondary N) is 1. The molecule has 1 heterocycles. The molecule has 114 valence electrons. The molecule has 0 aliphatic rings. The van der Waals surface area contributed by atoms with Crippen molar-refractivity contribution in [1.29, 1.82) is 0 Å². The number of benzene rings is 1. The number of rotatable bonds is 5. The third kappa shape index (κ3) is 3.70. The second-order valence-corrected chi connectivity index (χ2v) is 7.17. The average Bonchev–Trinajstić information content (AvgIpc) is 2.85. The van der Waals surface area contributed by atoms with Gasteiger partial charge < -0.3 is 9.63 Å². The predicted octanol–water partition coefficient (Wildman–Crippen LogP) is 2.02. The van der Waals surface area contributed by atoms with Crippen molar-refractivity contribution in [1.82, 2.24) is 9.88 Å². The summed E-state index contributed by atoms with van der Waals surface area (Å²) >= 11 is 3.27. The van der Waals surface area contributed by atoms with E-state index in [2.05, 4.69) is 25.8 Å². The van der Waals surface area contributed by atoms with E-state index in [1.165, 1.54) is 6.07 Å². The number of hydrogen-bond acceptors (Lipinski definition) is 5. The molecule has 1 aromatic heterocycles. The monoisotopic (exact) mass is 374 g/mol. The van der Waals surface area contributed by atoms with E-state index in [0.29, 0.717) is 21.5 Å². The highest BCUT2D eigenvalue weighted by atomic mass is 79.9. The number of aromatic nitrogens is 1. The summed E-state index contributed by atoms with van der Waals surface area (Å²) in [4.78, 5) is 0.0859. The molecule has 1 aromatic carbocycles. The van der Waals surface area contributed by atoms with Crippen LogP contribution in [-0.2, 0) is 23.2 Å². The molecule has 2 N–H and O–H groups in total. The molecule has 8 heteroatoms. The van der Waals surface area contributed by atoms with Crippen molar-refractivity contribution in [3.63, 3.8) is 0 Å². The zero-order chi connectivity index (χ0) is 15.6. The highest BCUT2D eigenvalue weighted by molar-refractivity contribution is 9.10. The summed E-state index contributed by atoms with van der Waals surface area (Å²) < 4.78 is 32.6. The second kappa shape index (κ2) is 6.27. The molecule has 0 radical (unpaired) electrons. The van der Waals surface area contributed by atoms with Crippen LogP contribution in [0.1, 0.15) is 22.6 Å². The molecule has 0 bridgehead atoms. The van der Waals surface area contributed by atoms with Crippen LogP contribution >= 0.6 is 15.9 Å². The van der Waals surface area contributed by atoms with Gasteiger partial charge in [-0.05, 0) is 47.0 Å². The summed E-state index contributed by atoms with van der Waals surface area (Å²) in [6, 6.07) is 4.82. The molecule has 0 fully saturated rings. The van der Waals surface area contributed by atoms with E-state index in [4.69, 9.17) is 4.52 Å². The highest BCUT2D eigenvalue weighted by Crippen LogP contribution is 2.27. The van der Waals surface area contributed by atoms with E-state index in [1.54, 1.807) is 26.0 Å². The lowest BCUT2D eigenvalue weighted by Gasteiger charge is -2.11. The van der Waals surface area contributed by atoms with Gasteiger partial charge in [-0.25, -0.2) is 13.1 Å². The number of sulfonamides is 1. The number of aliphatic hydroxyl groups excluding tert-OH is 1. The quantitative estimate of drug-likeness (QED) is 0.834. The third-order valence-electron chi connectivity index (χ3n) is 2.87. The molecule has 0 saturated carbocycles. The van der Waals surface area contributed by atoms with Gasteiger partial charge in [-0.15, -0.1) is 0 Å². The van der Waals surface area contributed by atoms with Crippen LogP contribution in [0.15, 0.2) is 32.1 Å². The minimum atomic E-state index is -3.73. The van der Waals surface area contributed by atoms with Crippen LogP contribution < -0.4 is 4.72 Å². The van der Waals surface area contributed by atoms with Gasteiger partial charge in [-0.2, -0.15) is 0 Å². The summed E-state index contributed by atoms with van der Waals surface area (Å²) in [6.07, 6.45) is 0. The standard InChI is InChI=1S/C13H15BrN2O4S/c1-8-3-10(7-17)5-12(13(8)14)21(18,19)15-6-11-4-9(2)16-20-11/h3-5,15,17H,6-7H2,1-2H3. The Bertz CT molecular complexity index is 756. The second-order valence-electron chi connectivity index (χ2n) is 4.64. The number of hydrogen-bond donors (Lipinski definition) is 2. The van der Waals surface area contributed by atoms with Crippen molar-refractivity contribution in [2.45, 2.75) is 31.9 Å². The molecule has 0 unspecified atom stereocenters. The maximum absolute atomic E-state index is 12.4. The molecule has 2 rings (SSSR count). The number of aliphatic hydroxyl groups is 1. The minimum absolute atomic E-state index is 0.0119. The summed E-state index contributed by atoms with van der Waals surface area (Å²) in [5.74, 6) is 0.433. The van der Waals surface area contributed by atoms with Crippen LogP contribution in [0.2, 0.25) is 0 Å². The van der Waals surface area contributed by atoms with Crippen molar-refractivity contribution < 1.29 is 18.0 Å². The first-order valence-corrected chi connectivity index (χ1v) is 8.43. The minimum Gasteiger partial charge on any atom is -0.392 e. The lowest BCUT2D eigenvalue weighted by atomic mass is 10.1. The van der Waals surface area contributed by atoms with E-state index < -0.39 is 10.0 Å². The average molecular weight is 375 g/mol. The lowest BCUT2D eigenvalue weighted by Crippen LogP contribution is -2.23. The maximum atomic E-state index is 12.4. The Balaban J connectivity index is 2.29. The number of aryl methyl sites for hydroxylation is 2. The van der Waals surface area contributed by atoms with Crippen molar-refractivity contribution in [2.75, 3.05) is 0 Å². The Morgan fingerprint density at radius 2 is 2.05 bits per heavy atom. The van der Waals surface area contributed by atoms with Gasteiger partial charge in [0, 0.05) is 10.5 Å². The Morgan fingerprint density at radius 1 is 1.33 bits per heavy atom. The largest absolute Gasteiger partial charge is 0.392 e. The fraction of sp³-hybridized carbons (Fsp3) is 0.308. The molecule has 0 spiro atoms. The first-order valence-electron chi connectivity index (χ1n) is 6.15. The molecular formula is C13H15BrN2O4S. The smallest absolute Gasteiger partial charge is 0.242 e. The third-order valence-corrected chi connectivity index (χ3v) is 5.61. The van der Waals surface area contributed by atoms with Crippen LogP contribution in [0.4, 0.5) is 0 Å². The van der Waals surface area contributed by atoms with Gasteiger partial charge in [0.05, 0.1) is 23.7 Å². The van der Waals surface area contributed by atoms with Crippen molar-refractivity contribution in [2.24, 2.45) is 0 Å². The van der Waals surface area contributed by atoms with Gasteiger partial charge in [-0.1, -0.05) is 11.2 Å². The predicted molar refractivity (Wildman–Crippen MR) is 80.1 cm³/mol. The van der Waals surface area contributed by atoms with Gasteiger partial charge in [0.15, 0.2) is 5.76 Å². The van der Waals surface area contributed by atoms with E-state index in [0.717, 1.165) is 5.56 Å². The Labute approximate surface area is 131 Å². The van der Waals surface area contributed by atoms with Gasteiger partial charge >= 0.3 is 0 Å². The number of halogens is 1. The lowest BCUT2D eigenvalue weighted by molar-refractivity contribution is 0.281. The Morgan fingerprint density at radius 3 is 2.62 bits per heavy atom. The molecule has 0 atom stereocenters. The summed E-state index contributed by atoms with van der Waals surface area (Å²) in [6.45, 7) is 3.31. The normalized spacial score (nSPS) is 11.8. The fourth-order valence-electron chi connectivity index (χ4n) is 1.84. The molecular weight excluding hydrogens is 360 g/mol. The van der Waals surface area contributed by atoms with E-state index in [1.807, 2.05) is 0 Å². The first-order chi connectivity index (χ1) is 9.83. The van der Waals surface area contributed by atoms with E-state index in [-0.39, 0.29) is 18.0 Å². The van der Waals surface area contributed by atoms with Gasteiger partial charge in [-0.3, -0.25) is 0 Å². The molecule has 0 saturated heterocycles. The summed E-state index contributed by atoms with van der Waals surface area (Å²) in [5, 5.41) is 12.9. The van der Waals surface area contributed by atoms with Gasteiger partial charge in [0.2, 0.25) is 10.0 Å². The van der Waals surface area contributed by atoms with Crippen LogP contribution in [0.5, 0.6) is 0 Å². The van der Waals surface area contributed by atoms with E-state index in [9.17, 15) is 13.5 Å². The zero-order valence-electron chi connectivity index (χ0n) is 11.6. The first kappa shape index (κ1) is 16.2. The van der Waals surface area contributed by atoms with Gasteiger partial charge in [0.1, 0.15) is 0 Å². The molecule has 2 aromatic rings. The van der Waals surface area contributed by atoms with Gasteiger partial charge in [0.25, 0.3) is 0 Å². The molecule has 0 aliphatic heterocycles. The molecule has 6 nitrogen and oxygen atoms in total. The molecule has 0 aliphatic carbocycles. The van der Waals surface area contributed by atoms with E-state index >= 15 is 0 Å². The zero-order valence-corrected chi connectivity index (χ0v) is 14.0. The molecule has 0 amide bonds. The van der Waals surface area contributed by atoms with Crippen LogP contribution in [0.25, 0.3) is 0 Å².